The Kier molecular flexibility index (Phi) is 3.08. The first-order valence-corrected chi connectivity index (χ1v) is 9.69. The summed E-state index contributed by atoms with van der Waals surface area (Å²) in [7, 11) is -4.73. The van der Waals surface area contributed by atoms with Crippen LogP contribution >= 0.6 is 0 Å². The van der Waals surface area contributed by atoms with Gasteiger partial charge in [0.25, 0.3) is 0 Å². The molecule has 1 aromatic heterocycles. The molecule has 0 amide bonds. The Hall–Kier alpha value is -1.52. The van der Waals surface area contributed by atoms with Crippen molar-refractivity contribution in [3.8, 4) is 0 Å². The zero-order valence-corrected chi connectivity index (χ0v) is 13.2. The number of sulfonamides is 1. The summed E-state index contributed by atoms with van der Waals surface area (Å²) in [4.78, 5) is 0.0964. The largest absolute Gasteiger partial charge is 0.253 e. The van der Waals surface area contributed by atoms with E-state index < -0.39 is 25.0 Å². The highest BCUT2D eigenvalue weighted by Gasteiger charge is 2.41. The maximum Gasteiger partial charge on any atom is 0.245 e. The molecule has 0 saturated carbocycles. The van der Waals surface area contributed by atoms with Crippen molar-refractivity contribution >= 4 is 30.8 Å². The minimum Gasteiger partial charge on any atom is -0.253 e. The molecule has 114 valence electrons. The van der Waals surface area contributed by atoms with Crippen LogP contribution in [-0.4, -0.2) is 56.5 Å². The zero-order valence-electron chi connectivity index (χ0n) is 11.6. The molecule has 1 aliphatic heterocycles. The number of benzene rings is 1. The smallest absolute Gasteiger partial charge is 0.245 e. The highest BCUT2D eigenvalue weighted by molar-refractivity contribution is 7.93. The lowest BCUT2D eigenvalue weighted by Crippen LogP contribution is -2.56. The van der Waals surface area contributed by atoms with E-state index in [-0.39, 0.29) is 18.0 Å². The average Bonchev–Trinajstić information content (AvgIpc) is 2.67. The van der Waals surface area contributed by atoms with Crippen LogP contribution in [0.4, 0.5) is 0 Å². The molecule has 1 fully saturated rings. The molecular weight excluding hydrogens is 314 g/mol. The molecule has 1 unspecified atom stereocenters. The molecule has 0 aliphatic carbocycles. The van der Waals surface area contributed by atoms with Gasteiger partial charge in [-0.25, -0.2) is 17.3 Å². The molecule has 0 bridgehead atoms. The molecule has 1 aliphatic rings. The maximum atomic E-state index is 12.6. The normalized spacial score (nSPS) is 20.3. The van der Waals surface area contributed by atoms with Crippen LogP contribution < -0.4 is 0 Å². The molecule has 1 saturated heterocycles. The number of fused-ring (bicyclic) bond motifs is 1. The Labute approximate surface area is 122 Å². The van der Waals surface area contributed by atoms with Crippen molar-refractivity contribution in [2.45, 2.75) is 10.1 Å². The van der Waals surface area contributed by atoms with Gasteiger partial charge in [-0.2, -0.15) is 4.31 Å². The predicted octanol–water partition coefficient (Wildman–Crippen LogP) is 0.0178. The van der Waals surface area contributed by atoms with E-state index in [1.54, 1.807) is 19.2 Å². The summed E-state index contributed by atoms with van der Waals surface area (Å²) in [5, 5.41) is 7.33. The van der Waals surface area contributed by atoms with Crippen LogP contribution in [0.5, 0.6) is 0 Å². The molecular formula is C11H15N5O3S2. The van der Waals surface area contributed by atoms with Gasteiger partial charge in [-0.05, 0) is 12.1 Å². The molecule has 8 nitrogen and oxygen atoms in total. The lowest BCUT2D eigenvalue weighted by atomic mass is 10.3. The lowest BCUT2D eigenvalue weighted by Gasteiger charge is -2.37. The minimum absolute atomic E-state index is 0.0964. The van der Waals surface area contributed by atoms with E-state index in [0.717, 1.165) is 0 Å². The number of rotatable bonds is 3. The Morgan fingerprint density at radius 1 is 1.29 bits per heavy atom. The molecule has 0 radical (unpaired) electrons. The van der Waals surface area contributed by atoms with Gasteiger partial charge in [0, 0.05) is 36.1 Å². The van der Waals surface area contributed by atoms with Crippen LogP contribution in [0.25, 0.3) is 11.0 Å². The third kappa shape index (κ3) is 2.23. The standard InChI is InChI=1S/C11H15N5O3S2/c1-15-9-4-3-5-10(11(9)13-14-15)21(18,19)16-6-8(7-16)20(2,12)17/h3-5,8,12H,6-7H2,1-2H3. The molecule has 10 heteroatoms. The topological polar surface area (TPSA) is 109 Å². The molecule has 1 atom stereocenters. The fourth-order valence-electron chi connectivity index (χ4n) is 2.26. The van der Waals surface area contributed by atoms with Crippen molar-refractivity contribution in [2.24, 2.45) is 7.05 Å². The Balaban J connectivity index is 1.99. The van der Waals surface area contributed by atoms with Gasteiger partial charge in [-0.3, -0.25) is 4.78 Å². The van der Waals surface area contributed by atoms with Gasteiger partial charge in [-0.1, -0.05) is 11.3 Å². The summed E-state index contributed by atoms with van der Waals surface area (Å²) < 4.78 is 47.1. The average molecular weight is 329 g/mol. The molecule has 0 spiro atoms. The lowest BCUT2D eigenvalue weighted by molar-refractivity contribution is 0.315. The summed E-state index contributed by atoms with van der Waals surface area (Å²) >= 11 is 0. The maximum absolute atomic E-state index is 12.6. The van der Waals surface area contributed by atoms with Gasteiger partial charge in [0.1, 0.15) is 10.4 Å². The van der Waals surface area contributed by atoms with Gasteiger partial charge >= 0.3 is 0 Å². The first-order chi connectivity index (χ1) is 9.71. The first-order valence-electron chi connectivity index (χ1n) is 6.22. The molecule has 2 aromatic rings. The van der Waals surface area contributed by atoms with E-state index in [2.05, 4.69) is 10.3 Å². The van der Waals surface area contributed by atoms with Gasteiger partial charge in [0.2, 0.25) is 10.0 Å². The molecule has 2 heterocycles. The highest BCUT2D eigenvalue weighted by atomic mass is 32.2. The fourth-order valence-corrected chi connectivity index (χ4v) is 5.05. The first kappa shape index (κ1) is 14.4. The van der Waals surface area contributed by atoms with Crippen LogP contribution in [0, 0.1) is 4.78 Å². The summed E-state index contributed by atoms with van der Waals surface area (Å²) in [5.74, 6) is 0. The Morgan fingerprint density at radius 2 is 1.95 bits per heavy atom. The second-order valence-electron chi connectivity index (χ2n) is 5.18. The third-order valence-corrected chi connectivity index (χ3v) is 7.11. The second kappa shape index (κ2) is 4.49. The summed E-state index contributed by atoms with van der Waals surface area (Å²) in [6, 6.07) is 4.88. The van der Waals surface area contributed by atoms with Gasteiger partial charge in [-0.15, -0.1) is 5.10 Å². The number of nitrogens with zero attached hydrogens (tertiary/aromatic N) is 4. The zero-order chi connectivity index (χ0) is 15.4. The van der Waals surface area contributed by atoms with Crippen molar-refractivity contribution in [2.75, 3.05) is 19.3 Å². The van der Waals surface area contributed by atoms with Crippen LogP contribution in [0.3, 0.4) is 0 Å². The number of aryl methyl sites for hydroxylation is 1. The van der Waals surface area contributed by atoms with Crippen LogP contribution in [0.2, 0.25) is 0 Å². The van der Waals surface area contributed by atoms with Gasteiger partial charge in [0.05, 0.1) is 10.8 Å². The fraction of sp³-hybridized carbons (Fsp3) is 0.455. The van der Waals surface area contributed by atoms with Crippen molar-refractivity contribution in [3.63, 3.8) is 0 Å². The number of hydrogen-bond donors (Lipinski definition) is 1. The summed E-state index contributed by atoms with van der Waals surface area (Å²) in [5.41, 5.74) is 0.958. The van der Waals surface area contributed by atoms with Crippen LogP contribution in [-0.2, 0) is 26.8 Å². The monoisotopic (exact) mass is 329 g/mol. The summed E-state index contributed by atoms with van der Waals surface area (Å²) in [6.45, 7) is 0.218. The molecule has 1 N–H and O–H groups in total. The second-order valence-corrected chi connectivity index (χ2v) is 9.57. The van der Waals surface area contributed by atoms with E-state index in [1.807, 2.05) is 0 Å². The van der Waals surface area contributed by atoms with Crippen molar-refractivity contribution < 1.29 is 12.6 Å². The van der Waals surface area contributed by atoms with Crippen molar-refractivity contribution in [1.29, 1.82) is 4.78 Å². The molecule has 1 aromatic carbocycles. The van der Waals surface area contributed by atoms with E-state index in [9.17, 15) is 12.6 Å². The van der Waals surface area contributed by atoms with E-state index >= 15 is 0 Å². The molecule has 3 rings (SSSR count). The van der Waals surface area contributed by atoms with Crippen molar-refractivity contribution in [1.82, 2.24) is 19.3 Å². The van der Waals surface area contributed by atoms with Crippen LogP contribution in [0.1, 0.15) is 0 Å². The quantitative estimate of drug-likeness (QED) is 0.853. The minimum atomic E-state index is -3.70. The number of nitrogens with one attached hydrogen (secondary N) is 1. The van der Waals surface area contributed by atoms with Crippen LogP contribution in [0.15, 0.2) is 23.1 Å². The third-order valence-electron chi connectivity index (χ3n) is 3.67. The Morgan fingerprint density at radius 3 is 2.57 bits per heavy atom. The van der Waals surface area contributed by atoms with E-state index in [4.69, 9.17) is 4.78 Å². The van der Waals surface area contributed by atoms with Gasteiger partial charge < -0.3 is 0 Å². The van der Waals surface area contributed by atoms with E-state index in [0.29, 0.717) is 11.0 Å². The van der Waals surface area contributed by atoms with Crippen molar-refractivity contribution in [3.05, 3.63) is 18.2 Å². The number of aromatic nitrogens is 3. The van der Waals surface area contributed by atoms with Gasteiger partial charge in [0.15, 0.2) is 0 Å². The SMILES string of the molecule is Cn1nnc2c(S(=O)(=O)N3CC(S(C)(=N)=O)C3)cccc21. The predicted molar refractivity (Wildman–Crippen MR) is 77.8 cm³/mol. The Bertz CT molecular complexity index is 910. The van der Waals surface area contributed by atoms with E-state index in [1.165, 1.54) is 21.3 Å². The summed E-state index contributed by atoms with van der Waals surface area (Å²) in [6.07, 6.45) is 1.34. The highest BCUT2D eigenvalue weighted by Crippen LogP contribution is 2.28. The molecule has 21 heavy (non-hydrogen) atoms. The number of hydrogen-bond acceptors (Lipinski definition) is 6.